The number of aliphatic imine (C=N–C) groups is 2. The van der Waals surface area contributed by atoms with Crippen molar-refractivity contribution < 1.29 is 19.7 Å². The van der Waals surface area contributed by atoms with Gasteiger partial charge in [-0.25, -0.2) is 9.98 Å². The predicted molar refractivity (Wildman–Crippen MR) is 125 cm³/mol. The number of para-hydroxylation sites is 1. The Morgan fingerprint density at radius 1 is 1.32 bits per heavy atom. The fraction of sp³-hybridized carbons (Fsp3) is 0.591. The molecule has 12 heteroatoms. The van der Waals surface area contributed by atoms with E-state index in [9.17, 15) is 15.0 Å². The Balaban J connectivity index is 1.48. The number of carbonyl (C=O) groups excluding carboxylic acids is 1. The second-order valence-electron chi connectivity index (χ2n) is 10.0. The van der Waals surface area contributed by atoms with Gasteiger partial charge in [-0.2, -0.15) is 0 Å². The van der Waals surface area contributed by atoms with Crippen LogP contribution >= 0.6 is 0 Å². The molecule has 1 saturated heterocycles. The van der Waals surface area contributed by atoms with Crippen LogP contribution < -0.4 is 32.6 Å². The van der Waals surface area contributed by atoms with Gasteiger partial charge in [-0.15, -0.1) is 0 Å². The van der Waals surface area contributed by atoms with Crippen LogP contribution in [0, 0.1) is 0 Å². The van der Waals surface area contributed by atoms with Crippen molar-refractivity contribution in [1.82, 2.24) is 15.5 Å². The summed E-state index contributed by atoms with van der Waals surface area (Å²) < 4.78 is 5.87. The zero-order valence-corrected chi connectivity index (χ0v) is 19.3. The third kappa shape index (κ3) is 2.98. The predicted octanol–water partition coefficient (Wildman–Crippen LogP) is -2.13. The molecule has 1 aromatic rings. The number of amides is 1. The van der Waals surface area contributed by atoms with Crippen LogP contribution in [0.4, 0.5) is 0 Å². The van der Waals surface area contributed by atoms with Gasteiger partial charge in [-0.3, -0.25) is 4.79 Å². The Labute approximate surface area is 197 Å². The molecule has 5 rings (SSSR count). The van der Waals surface area contributed by atoms with Crippen molar-refractivity contribution in [2.75, 3.05) is 19.7 Å². The molecule has 1 fully saturated rings. The molecule has 0 saturated carbocycles. The number of hydrogen-bond acceptors (Lipinski definition) is 11. The molecule has 0 bridgehead atoms. The minimum absolute atomic E-state index is 0.0168. The number of carbonyl (C=O) groups is 1. The van der Waals surface area contributed by atoms with Crippen molar-refractivity contribution in [1.29, 1.82) is 0 Å². The maximum atomic E-state index is 13.4. The number of nitrogens with one attached hydrogen (secondary N) is 2. The number of rotatable bonds is 4. The molecule has 34 heavy (non-hydrogen) atoms. The first-order valence-electron chi connectivity index (χ1n) is 11.5. The fourth-order valence-electron chi connectivity index (χ4n) is 5.67. The van der Waals surface area contributed by atoms with Crippen LogP contribution in [0.25, 0.3) is 0 Å². The van der Waals surface area contributed by atoms with Crippen LogP contribution in [0.15, 0.2) is 28.2 Å². The van der Waals surface area contributed by atoms with Crippen LogP contribution in [0.3, 0.4) is 0 Å². The Bertz CT molecular complexity index is 1090. The molecule has 0 radical (unpaired) electrons. The number of aliphatic hydroxyl groups is 2. The van der Waals surface area contributed by atoms with Crippen molar-refractivity contribution in [2.45, 2.75) is 61.7 Å². The summed E-state index contributed by atoms with van der Waals surface area (Å²) in [6.45, 7) is 4.99. The van der Waals surface area contributed by atoms with E-state index < -0.39 is 35.5 Å². The number of nitrogens with two attached hydrogens (primary N) is 3. The summed E-state index contributed by atoms with van der Waals surface area (Å²) in [6.07, 6.45) is 1.26. The molecule has 4 aliphatic heterocycles. The summed E-state index contributed by atoms with van der Waals surface area (Å²) in [4.78, 5) is 23.8. The molecule has 1 amide bonds. The van der Waals surface area contributed by atoms with Crippen molar-refractivity contribution in [3.05, 3.63) is 29.3 Å². The zero-order valence-electron chi connectivity index (χ0n) is 19.3. The zero-order chi connectivity index (χ0) is 24.5. The number of guanidine groups is 2. The Kier molecular flexibility index (Phi) is 4.97. The van der Waals surface area contributed by atoms with E-state index in [4.69, 9.17) is 21.9 Å². The lowest BCUT2D eigenvalue weighted by atomic mass is 9.79. The Morgan fingerprint density at radius 3 is 2.82 bits per heavy atom. The molecule has 3 unspecified atom stereocenters. The Hall–Kier alpha value is -3.09. The third-order valence-corrected chi connectivity index (χ3v) is 7.53. The number of hydrogen-bond donors (Lipinski definition) is 7. The molecular formula is C22H32N8O4. The van der Waals surface area contributed by atoms with E-state index in [1.54, 1.807) is 12.1 Å². The van der Waals surface area contributed by atoms with Gasteiger partial charge in [0.25, 0.3) is 5.91 Å². The van der Waals surface area contributed by atoms with E-state index in [0.29, 0.717) is 30.9 Å². The van der Waals surface area contributed by atoms with E-state index in [1.165, 1.54) is 4.90 Å². The third-order valence-electron chi connectivity index (χ3n) is 7.53. The summed E-state index contributed by atoms with van der Waals surface area (Å²) in [7, 11) is 0. The van der Waals surface area contributed by atoms with Crippen LogP contribution in [0.5, 0.6) is 5.75 Å². The van der Waals surface area contributed by atoms with E-state index in [0.717, 1.165) is 12.0 Å². The minimum atomic E-state index is -2.49. The molecule has 4 aliphatic rings. The van der Waals surface area contributed by atoms with Crippen molar-refractivity contribution >= 4 is 17.8 Å². The standard InChI is InChI=1S/C22H32N8O4/c1-20(2)7-9-34-15-11(4-3-5-12(15)20)17(31)27-14-10-30-19(25)26-13(6-8-23)16-21(30,22(14,32)33)29-18(24)28-16/h3-5,13-14,16,32-33H,6-10,23H2,1-2H3,(H2,25,26)(H,27,31)(H3,24,28,29)/t13?,14?,16-,21?/m0/s1. The van der Waals surface area contributed by atoms with Crippen molar-refractivity contribution in [3.8, 4) is 5.75 Å². The number of fused-ring (bicyclic) bond motifs is 1. The van der Waals surface area contributed by atoms with Crippen LogP contribution in [-0.4, -0.2) is 82.2 Å². The topological polar surface area (TPSA) is 197 Å². The summed E-state index contributed by atoms with van der Waals surface area (Å²) in [6, 6.07) is 3.03. The second kappa shape index (κ2) is 7.45. The molecule has 1 spiro atoms. The van der Waals surface area contributed by atoms with Crippen molar-refractivity contribution in [3.63, 3.8) is 0 Å². The van der Waals surface area contributed by atoms with Crippen LogP contribution in [0.2, 0.25) is 0 Å². The van der Waals surface area contributed by atoms with Crippen LogP contribution in [0.1, 0.15) is 42.6 Å². The normalized spacial score (nSPS) is 32.4. The lowest BCUT2D eigenvalue weighted by Crippen LogP contribution is -2.77. The molecular weight excluding hydrogens is 440 g/mol. The van der Waals surface area contributed by atoms with Crippen molar-refractivity contribution in [2.24, 2.45) is 27.2 Å². The van der Waals surface area contributed by atoms with Gasteiger partial charge in [0, 0.05) is 12.1 Å². The lowest BCUT2D eigenvalue weighted by molar-refractivity contribution is -0.230. The molecule has 4 heterocycles. The fourth-order valence-corrected chi connectivity index (χ4v) is 5.67. The average Bonchev–Trinajstić information content (AvgIpc) is 3.23. The highest BCUT2D eigenvalue weighted by Gasteiger charge is 2.73. The molecule has 0 aliphatic carbocycles. The van der Waals surface area contributed by atoms with Gasteiger partial charge >= 0.3 is 0 Å². The highest BCUT2D eigenvalue weighted by Crippen LogP contribution is 2.45. The highest BCUT2D eigenvalue weighted by atomic mass is 16.5. The SMILES string of the molecule is CC1(C)CCOc2c(C(=O)NC3CN4C(N)=NC(CCN)[C@@H]5N=C(N)NC54C3(O)O)cccc21. The number of nitrogens with zero attached hydrogens (tertiary/aromatic N) is 3. The molecule has 10 N–H and O–H groups in total. The van der Waals surface area contributed by atoms with Gasteiger partial charge < -0.3 is 47.7 Å². The molecule has 0 aromatic heterocycles. The summed E-state index contributed by atoms with van der Waals surface area (Å²) in [5, 5.41) is 28.7. The van der Waals surface area contributed by atoms with E-state index in [-0.39, 0.29) is 23.9 Å². The first-order chi connectivity index (χ1) is 16.0. The molecule has 184 valence electrons. The largest absolute Gasteiger partial charge is 0.492 e. The number of benzene rings is 1. The maximum Gasteiger partial charge on any atom is 0.255 e. The molecule has 4 atom stereocenters. The lowest BCUT2D eigenvalue weighted by Gasteiger charge is -2.49. The monoisotopic (exact) mass is 472 g/mol. The number of ether oxygens (including phenoxy) is 1. The Morgan fingerprint density at radius 2 is 2.09 bits per heavy atom. The van der Waals surface area contributed by atoms with Gasteiger partial charge in [-0.05, 0) is 30.9 Å². The van der Waals surface area contributed by atoms with Gasteiger partial charge in [0.2, 0.25) is 5.79 Å². The maximum absolute atomic E-state index is 13.4. The molecule has 1 aromatic carbocycles. The summed E-state index contributed by atoms with van der Waals surface area (Å²) >= 11 is 0. The van der Waals surface area contributed by atoms with E-state index in [2.05, 4.69) is 34.5 Å². The quantitative estimate of drug-likeness (QED) is 0.239. The first-order valence-corrected chi connectivity index (χ1v) is 11.5. The van der Waals surface area contributed by atoms with Gasteiger partial charge in [0.1, 0.15) is 17.8 Å². The second-order valence-corrected chi connectivity index (χ2v) is 10.0. The summed E-state index contributed by atoms with van der Waals surface area (Å²) in [5.74, 6) is -2.33. The van der Waals surface area contributed by atoms with Crippen LogP contribution in [-0.2, 0) is 5.41 Å². The van der Waals surface area contributed by atoms with E-state index >= 15 is 0 Å². The molecule has 12 nitrogen and oxygen atoms in total. The van der Waals surface area contributed by atoms with Gasteiger partial charge in [0.05, 0.1) is 18.2 Å². The smallest absolute Gasteiger partial charge is 0.255 e. The highest BCUT2D eigenvalue weighted by molar-refractivity contribution is 5.98. The first kappa shape index (κ1) is 22.7. The summed E-state index contributed by atoms with van der Waals surface area (Å²) in [5.41, 5.74) is 17.5. The van der Waals surface area contributed by atoms with Gasteiger partial charge in [0.15, 0.2) is 17.6 Å². The van der Waals surface area contributed by atoms with E-state index in [1.807, 2.05) is 6.07 Å². The average molecular weight is 473 g/mol. The van der Waals surface area contributed by atoms with Gasteiger partial charge in [-0.1, -0.05) is 26.0 Å². The minimum Gasteiger partial charge on any atom is -0.492 e.